The van der Waals surface area contributed by atoms with Crippen LogP contribution in [-0.4, -0.2) is 87.1 Å². The summed E-state index contributed by atoms with van der Waals surface area (Å²) in [5, 5.41) is 6.55. The number of rotatable bonds is 7. The Morgan fingerprint density at radius 3 is 2.53 bits per heavy atom. The van der Waals surface area contributed by atoms with Crippen molar-refractivity contribution < 1.29 is 4.79 Å². The van der Waals surface area contributed by atoms with E-state index in [2.05, 4.69) is 56.6 Å². The molecule has 0 aromatic heterocycles. The maximum atomic E-state index is 12.6. The first-order valence-corrected chi connectivity index (χ1v) is 11.5. The van der Waals surface area contributed by atoms with Crippen LogP contribution >= 0.6 is 0 Å². The molecule has 0 radical (unpaired) electrons. The Balaban J connectivity index is 1.35. The third-order valence-corrected chi connectivity index (χ3v) is 6.30. The predicted octanol–water partition coefficient (Wildman–Crippen LogP) is 1.76. The van der Waals surface area contributed by atoms with E-state index >= 15 is 0 Å². The van der Waals surface area contributed by atoms with Crippen molar-refractivity contribution in [3.05, 3.63) is 30.3 Å². The number of nitrogens with one attached hydrogen (secondary N) is 2. The second-order valence-electron chi connectivity index (χ2n) is 8.15. The lowest BCUT2D eigenvalue weighted by molar-refractivity contribution is -0.130. The standard InChI is InChI=1S/C23H38N6O/c1-3-20-9-7-8-13-27(20)14-12-25-23(24-2)26-19-22(30)29-17-15-28(16-18-29)21-10-5-4-6-11-21/h4-6,10-11,20H,3,7-9,12-19H2,1-2H3,(H2,24,25,26). The summed E-state index contributed by atoms with van der Waals surface area (Å²) in [4.78, 5) is 23.8. The molecule has 2 heterocycles. The number of hydrogen-bond acceptors (Lipinski definition) is 4. The van der Waals surface area contributed by atoms with Crippen LogP contribution in [0, 0.1) is 0 Å². The minimum atomic E-state index is 0.132. The van der Waals surface area contributed by atoms with Crippen molar-refractivity contribution in [2.45, 2.75) is 38.6 Å². The minimum absolute atomic E-state index is 0.132. The van der Waals surface area contributed by atoms with Crippen LogP contribution in [0.4, 0.5) is 5.69 Å². The van der Waals surface area contributed by atoms with Gasteiger partial charge < -0.3 is 20.4 Å². The lowest BCUT2D eigenvalue weighted by Gasteiger charge is -2.36. The van der Waals surface area contributed by atoms with Crippen LogP contribution in [0.15, 0.2) is 35.3 Å². The van der Waals surface area contributed by atoms with Crippen molar-refractivity contribution in [2.24, 2.45) is 4.99 Å². The van der Waals surface area contributed by atoms with Crippen LogP contribution in [0.3, 0.4) is 0 Å². The molecule has 1 unspecified atom stereocenters. The van der Waals surface area contributed by atoms with Gasteiger partial charge in [-0.15, -0.1) is 0 Å². The Kier molecular flexibility index (Phi) is 8.81. The van der Waals surface area contributed by atoms with E-state index in [-0.39, 0.29) is 12.5 Å². The van der Waals surface area contributed by atoms with Gasteiger partial charge in [0, 0.05) is 58.0 Å². The lowest BCUT2D eigenvalue weighted by atomic mass is 10.0. The highest BCUT2D eigenvalue weighted by Gasteiger charge is 2.22. The number of benzene rings is 1. The van der Waals surface area contributed by atoms with Gasteiger partial charge in [0.05, 0.1) is 6.54 Å². The zero-order valence-electron chi connectivity index (χ0n) is 18.6. The molecule has 2 N–H and O–H groups in total. The number of para-hydroxylation sites is 1. The van der Waals surface area contributed by atoms with Gasteiger partial charge in [0.1, 0.15) is 0 Å². The number of piperidine rings is 1. The largest absolute Gasteiger partial charge is 0.368 e. The topological polar surface area (TPSA) is 63.2 Å². The molecule has 0 spiro atoms. The molecular weight excluding hydrogens is 376 g/mol. The van der Waals surface area contributed by atoms with Gasteiger partial charge in [0.25, 0.3) is 0 Å². The highest BCUT2D eigenvalue weighted by Crippen LogP contribution is 2.18. The van der Waals surface area contributed by atoms with Gasteiger partial charge in [0.15, 0.2) is 5.96 Å². The summed E-state index contributed by atoms with van der Waals surface area (Å²) < 4.78 is 0. The number of nitrogens with zero attached hydrogens (tertiary/aromatic N) is 4. The van der Waals surface area contributed by atoms with Gasteiger partial charge in [-0.2, -0.15) is 0 Å². The molecule has 7 nitrogen and oxygen atoms in total. The van der Waals surface area contributed by atoms with Crippen LogP contribution in [0.25, 0.3) is 0 Å². The first-order valence-electron chi connectivity index (χ1n) is 11.5. The zero-order valence-corrected chi connectivity index (χ0v) is 18.6. The number of piperazine rings is 1. The summed E-state index contributed by atoms with van der Waals surface area (Å²) >= 11 is 0. The SMILES string of the molecule is CCC1CCCCN1CCNC(=NC)NCC(=O)N1CCN(c2ccccc2)CC1. The Bertz CT molecular complexity index is 672. The molecule has 0 bridgehead atoms. The summed E-state index contributed by atoms with van der Waals surface area (Å²) in [5.74, 6) is 0.837. The maximum absolute atomic E-state index is 12.6. The molecule has 2 aliphatic heterocycles. The fraction of sp³-hybridized carbons (Fsp3) is 0.652. The quantitative estimate of drug-likeness (QED) is 0.526. The molecule has 2 aliphatic rings. The van der Waals surface area contributed by atoms with Crippen LogP contribution in [0.5, 0.6) is 0 Å². The van der Waals surface area contributed by atoms with Gasteiger partial charge in [0.2, 0.25) is 5.91 Å². The van der Waals surface area contributed by atoms with E-state index in [0.29, 0.717) is 12.0 Å². The molecule has 2 fully saturated rings. The number of anilines is 1. The Hall–Kier alpha value is -2.28. The average Bonchev–Trinajstić information content (AvgIpc) is 2.82. The molecule has 7 heteroatoms. The monoisotopic (exact) mass is 414 g/mol. The lowest BCUT2D eigenvalue weighted by Crippen LogP contribution is -2.52. The molecule has 1 atom stereocenters. The Morgan fingerprint density at radius 1 is 1.07 bits per heavy atom. The number of amides is 1. The first-order chi connectivity index (χ1) is 14.7. The maximum Gasteiger partial charge on any atom is 0.242 e. The van der Waals surface area contributed by atoms with Crippen molar-refractivity contribution in [3.8, 4) is 0 Å². The zero-order chi connectivity index (χ0) is 21.2. The summed E-state index contributed by atoms with van der Waals surface area (Å²) in [6.07, 6.45) is 5.19. The number of carbonyl (C=O) groups is 1. The number of guanidine groups is 1. The normalized spacial score (nSPS) is 20.9. The predicted molar refractivity (Wildman–Crippen MR) is 124 cm³/mol. The van der Waals surface area contributed by atoms with Gasteiger partial charge in [-0.3, -0.25) is 14.7 Å². The van der Waals surface area contributed by atoms with E-state index in [0.717, 1.165) is 39.3 Å². The molecule has 3 rings (SSSR count). The van der Waals surface area contributed by atoms with Crippen molar-refractivity contribution in [1.82, 2.24) is 20.4 Å². The minimum Gasteiger partial charge on any atom is -0.368 e. The Labute approximate surface area is 181 Å². The first kappa shape index (κ1) is 22.4. The third kappa shape index (κ3) is 6.36. The number of aliphatic imine (C=N–C) groups is 1. The van der Waals surface area contributed by atoms with Crippen LogP contribution in [-0.2, 0) is 4.79 Å². The molecule has 0 saturated carbocycles. The van der Waals surface area contributed by atoms with Crippen LogP contribution < -0.4 is 15.5 Å². The van der Waals surface area contributed by atoms with Gasteiger partial charge >= 0.3 is 0 Å². The fourth-order valence-electron chi connectivity index (χ4n) is 4.48. The third-order valence-electron chi connectivity index (χ3n) is 6.30. The number of likely N-dealkylation sites (tertiary alicyclic amines) is 1. The van der Waals surface area contributed by atoms with Crippen molar-refractivity contribution in [3.63, 3.8) is 0 Å². The average molecular weight is 415 g/mol. The smallest absolute Gasteiger partial charge is 0.242 e. The van der Waals surface area contributed by atoms with E-state index in [9.17, 15) is 4.79 Å². The second kappa shape index (κ2) is 11.8. The highest BCUT2D eigenvalue weighted by atomic mass is 16.2. The number of carbonyl (C=O) groups excluding carboxylic acids is 1. The molecule has 1 aromatic rings. The van der Waals surface area contributed by atoms with Crippen molar-refractivity contribution in [2.75, 3.05) is 64.3 Å². The molecule has 1 amide bonds. The number of hydrogen-bond donors (Lipinski definition) is 2. The van der Waals surface area contributed by atoms with Gasteiger partial charge in [-0.05, 0) is 37.9 Å². The van der Waals surface area contributed by atoms with E-state index in [1.807, 2.05) is 11.0 Å². The van der Waals surface area contributed by atoms with E-state index < -0.39 is 0 Å². The summed E-state index contributed by atoms with van der Waals surface area (Å²) in [6, 6.07) is 11.1. The van der Waals surface area contributed by atoms with E-state index in [1.54, 1.807) is 7.05 Å². The Morgan fingerprint density at radius 2 is 1.83 bits per heavy atom. The molecule has 166 valence electrons. The van der Waals surface area contributed by atoms with Gasteiger partial charge in [-0.25, -0.2) is 0 Å². The molecule has 0 aliphatic carbocycles. The highest BCUT2D eigenvalue weighted by molar-refractivity contribution is 5.86. The summed E-state index contributed by atoms with van der Waals surface area (Å²) in [7, 11) is 1.76. The van der Waals surface area contributed by atoms with Crippen molar-refractivity contribution >= 4 is 17.6 Å². The van der Waals surface area contributed by atoms with Gasteiger partial charge in [-0.1, -0.05) is 31.5 Å². The molecule has 2 saturated heterocycles. The summed E-state index contributed by atoms with van der Waals surface area (Å²) in [6.45, 7) is 8.89. The van der Waals surface area contributed by atoms with Crippen molar-refractivity contribution in [1.29, 1.82) is 0 Å². The molecular formula is C23H38N6O. The van der Waals surface area contributed by atoms with Crippen LogP contribution in [0.1, 0.15) is 32.6 Å². The molecule has 1 aromatic carbocycles. The van der Waals surface area contributed by atoms with Crippen LogP contribution in [0.2, 0.25) is 0 Å². The second-order valence-corrected chi connectivity index (χ2v) is 8.15. The summed E-state index contributed by atoms with van der Waals surface area (Å²) in [5.41, 5.74) is 1.23. The van der Waals surface area contributed by atoms with E-state index in [4.69, 9.17) is 0 Å². The van der Waals surface area contributed by atoms with E-state index in [1.165, 1.54) is 37.9 Å². The molecule has 30 heavy (non-hydrogen) atoms. The fourth-order valence-corrected chi connectivity index (χ4v) is 4.48.